The third-order valence-corrected chi connectivity index (χ3v) is 6.29. The van der Waals surface area contributed by atoms with Crippen LogP contribution < -0.4 is 5.32 Å². The number of fused-ring (bicyclic) bond motifs is 1. The molecule has 1 aliphatic carbocycles. The van der Waals surface area contributed by atoms with E-state index in [0.717, 1.165) is 30.0 Å². The minimum absolute atomic E-state index is 0.153. The minimum Gasteiger partial charge on any atom is -0.298 e. The van der Waals surface area contributed by atoms with Gasteiger partial charge in [0.1, 0.15) is 0 Å². The van der Waals surface area contributed by atoms with Gasteiger partial charge in [0.2, 0.25) is 0 Å². The van der Waals surface area contributed by atoms with Crippen molar-refractivity contribution >= 4 is 33.2 Å². The molecule has 0 fully saturated rings. The van der Waals surface area contributed by atoms with Crippen LogP contribution in [0.15, 0.2) is 24.3 Å². The fraction of sp³-hybridized carbons (Fsp3) is 0.474. The summed E-state index contributed by atoms with van der Waals surface area (Å²) in [5.74, 6) is 1.07. The van der Waals surface area contributed by atoms with E-state index in [1.165, 1.54) is 24.1 Å². The number of aryl methyl sites for hydroxylation is 1. The Morgan fingerprint density at radius 3 is 3.04 bits per heavy atom. The first kappa shape index (κ1) is 18.3. The van der Waals surface area contributed by atoms with Crippen LogP contribution in [0, 0.1) is 5.92 Å². The molecule has 0 spiro atoms. The average Bonchev–Trinajstić information content (AvgIpc) is 2.96. The number of nitrogens with zero attached hydrogens (tertiary/aromatic N) is 1. The van der Waals surface area contributed by atoms with Crippen LogP contribution in [0.2, 0.25) is 0 Å². The van der Waals surface area contributed by atoms with E-state index in [1.54, 1.807) is 23.7 Å². The number of thiazole rings is 1. The number of benzene rings is 1. The van der Waals surface area contributed by atoms with Gasteiger partial charge in [-0.3, -0.25) is 14.3 Å². The van der Waals surface area contributed by atoms with Crippen LogP contribution >= 0.6 is 11.3 Å². The quantitative estimate of drug-likeness (QED) is 0.823. The topological polar surface area (TPSA) is 59.1 Å². The average molecular weight is 377 g/mol. The summed E-state index contributed by atoms with van der Waals surface area (Å²) in [7, 11) is -0.919. The van der Waals surface area contributed by atoms with Crippen LogP contribution in [0.5, 0.6) is 0 Å². The first-order valence-corrected chi connectivity index (χ1v) is 11.3. The third kappa shape index (κ3) is 4.76. The second-order valence-corrected chi connectivity index (χ2v) is 9.18. The second-order valence-electron chi connectivity index (χ2n) is 6.66. The second kappa shape index (κ2) is 8.23. The molecule has 134 valence electrons. The molecule has 1 heterocycles. The number of hydrogen-bond donors (Lipinski definition) is 1. The number of aromatic nitrogens is 1. The van der Waals surface area contributed by atoms with Crippen LogP contribution in [0.4, 0.5) is 5.13 Å². The number of carbonyl (C=O) groups excluding carboxylic acids is 1. The van der Waals surface area contributed by atoms with Crippen LogP contribution in [0.3, 0.4) is 0 Å². The van der Waals surface area contributed by atoms with Gasteiger partial charge in [-0.05, 0) is 42.9 Å². The Morgan fingerprint density at radius 2 is 2.28 bits per heavy atom. The van der Waals surface area contributed by atoms with E-state index >= 15 is 0 Å². The first-order valence-electron chi connectivity index (χ1n) is 8.74. The Labute approximate surface area is 155 Å². The van der Waals surface area contributed by atoms with Crippen molar-refractivity contribution in [3.8, 4) is 0 Å². The van der Waals surface area contributed by atoms with Gasteiger partial charge in [-0.25, -0.2) is 4.98 Å². The van der Waals surface area contributed by atoms with Gasteiger partial charge in [0.15, 0.2) is 5.13 Å². The van der Waals surface area contributed by atoms with E-state index in [4.69, 9.17) is 0 Å². The minimum atomic E-state index is -0.919. The van der Waals surface area contributed by atoms with Gasteiger partial charge >= 0.3 is 0 Å². The number of carbonyl (C=O) groups is 1. The van der Waals surface area contributed by atoms with Crippen molar-refractivity contribution in [3.63, 3.8) is 0 Å². The zero-order valence-corrected chi connectivity index (χ0v) is 16.3. The lowest BCUT2D eigenvalue weighted by Crippen LogP contribution is -2.13. The summed E-state index contributed by atoms with van der Waals surface area (Å²) in [6, 6.07) is 7.32. The van der Waals surface area contributed by atoms with E-state index in [0.29, 0.717) is 16.4 Å². The molecule has 1 aromatic carbocycles. The highest BCUT2D eigenvalue weighted by Crippen LogP contribution is 2.34. The molecular formula is C19H24N2O2S2. The molecule has 0 saturated carbocycles. The van der Waals surface area contributed by atoms with Crippen LogP contribution in [0.25, 0.3) is 0 Å². The largest absolute Gasteiger partial charge is 0.298 e. The van der Waals surface area contributed by atoms with Gasteiger partial charge < -0.3 is 0 Å². The monoisotopic (exact) mass is 376 g/mol. The molecule has 6 heteroatoms. The Bertz CT molecular complexity index is 785. The molecule has 1 N–H and O–H groups in total. The maximum absolute atomic E-state index is 12.5. The van der Waals surface area contributed by atoms with Crippen molar-refractivity contribution in [1.82, 2.24) is 4.98 Å². The lowest BCUT2D eigenvalue weighted by atomic mass is 9.88. The highest BCUT2D eigenvalue weighted by atomic mass is 32.2. The van der Waals surface area contributed by atoms with E-state index in [-0.39, 0.29) is 5.91 Å². The fourth-order valence-corrected chi connectivity index (χ4v) is 5.12. The number of nitrogens with one attached hydrogen (secondary N) is 1. The normalized spacial score (nSPS) is 17.8. The number of amides is 1. The zero-order chi connectivity index (χ0) is 17.8. The zero-order valence-electron chi connectivity index (χ0n) is 14.7. The molecule has 3 rings (SSSR count). The summed E-state index contributed by atoms with van der Waals surface area (Å²) in [6.45, 7) is 2.23. The van der Waals surface area contributed by atoms with Gasteiger partial charge in [0.25, 0.3) is 5.91 Å². The van der Waals surface area contributed by atoms with Gasteiger partial charge in [-0.1, -0.05) is 31.9 Å². The van der Waals surface area contributed by atoms with Crippen molar-refractivity contribution < 1.29 is 9.00 Å². The molecule has 0 aliphatic heterocycles. The van der Waals surface area contributed by atoms with Crippen molar-refractivity contribution in [3.05, 3.63) is 46.0 Å². The molecule has 0 saturated heterocycles. The van der Waals surface area contributed by atoms with Gasteiger partial charge in [0, 0.05) is 33.2 Å². The SMILES string of the molecule is CCC[C@@H]1CCc2nc(NC(=O)c3cccc(C[S@](C)=O)c3)sc2C1. The maximum atomic E-state index is 12.5. The molecule has 1 aromatic heterocycles. The van der Waals surface area contributed by atoms with E-state index < -0.39 is 10.8 Å². The molecule has 1 amide bonds. The van der Waals surface area contributed by atoms with Gasteiger partial charge in [0.05, 0.1) is 5.69 Å². The summed E-state index contributed by atoms with van der Waals surface area (Å²) < 4.78 is 11.4. The third-order valence-electron chi connectivity index (χ3n) is 4.52. The Morgan fingerprint density at radius 1 is 1.44 bits per heavy atom. The lowest BCUT2D eigenvalue weighted by Gasteiger charge is -2.19. The fourth-order valence-electron chi connectivity index (χ4n) is 3.36. The summed E-state index contributed by atoms with van der Waals surface area (Å²) in [4.78, 5) is 18.5. The van der Waals surface area contributed by atoms with E-state index in [2.05, 4.69) is 17.2 Å². The number of hydrogen-bond acceptors (Lipinski definition) is 4. The molecule has 0 radical (unpaired) electrons. The van der Waals surface area contributed by atoms with Gasteiger partial charge in [-0.15, -0.1) is 11.3 Å². The Hall–Kier alpha value is -1.53. The summed E-state index contributed by atoms with van der Waals surface area (Å²) >= 11 is 1.61. The maximum Gasteiger partial charge on any atom is 0.257 e. The lowest BCUT2D eigenvalue weighted by molar-refractivity contribution is 0.102. The predicted octanol–water partition coefficient (Wildman–Crippen LogP) is 4.18. The van der Waals surface area contributed by atoms with Crippen LogP contribution in [-0.4, -0.2) is 21.4 Å². The highest BCUT2D eigenvalue weighted by molar-refractivity contribution is 7.83. The Kier molecular flexibility index (Phi) is 6.02. The van der Waals surface area contributed by atoms with Crippen molar-refractivity contribution in [2.24, 2.45) is 5.92 Å². The highest BCUT2D eigenvalue weighted by Gasteiger charge is 2.22. The van der Waals surface area contributed by atoms with Crippen LogP contribution in [0.1, 0.15) is 52.7 Å². The Balaban J connectivity index is 1.69. The van der Waals surface area contributed by atoms with Crippen molar-refractivity contribution in [2.75, 3.05) is 11.6 Å². The van der Waals surface area contributed by atoms with Crippen molar-refractivity contribution in [2.45, 2.75) is 44.8 Å². The molecular weight excluding hydrogens is 352 g/mol. The van der Waals surface area contributed by atoms with E-state index in [9.17, 15) is 9.00 Å². The molecule has 1 aliphatic rings. The number of anilines is 1. The standard InChI is InChI=1S/C19H24N2O2S2/c1-3-5-13-8-9-16-17(11-13)24-19(20-16)21-18(22)15-7-4-6-14(10-15)12-25(2)23/h4,6-7,10,13H,3,5,8-9,11-12H2,1-2H3,(H,20,21,22)/t13-,25+/m1/s1. The van der Waals surface area contributed by atoms with Crippen LogP contribution in [-0.2, 0) is 29.4 Å². The first-order chi connectivity index (χ1) is 12.0. The summed E-state index contributed by atoms with van der Waals surface area (Å²) in [5, 5.41) is 3.63. The smallest absolute Gasteiger partial charge is 0.257 e. The molecule has 0 bridgehead atoms. The number of rotatable bonds is 6. The predicted molar refractivity (Wildman–Crippen MR) is 105 cm³/mol. The van der Waals surface area contributed by atoms with E-state index in [1.807, 2.05) is 18.2 Å². The summed E-state index contributed by atoms with van der Waals surface area (Å²) in [5.41, 5.74) is 2.65. The summed E-state index contributed by atoms with van der Waals surface area (Å²) in [6.07, 6.45) is 7.47. The molecule has 25 heavy (non-hydrogen) atoms. The van der Waals surface area contributed by atoms with Crippen molar-refractivity contribution in [1.29, 1.82) is 0 Å². The molecule has 4 nitrogen and oxygen atoms in total. The molecule has 0 unspecified atom stereocenters. The molecule has 2 atom stereocenters. The molecule has 2 aromatic rings. The van der Waals surface area contributed by atoms with Gasteiger partial charge in [-0.2, -0.15) is 0 Å².